The molecule has 0 bridgehead atoms. The molecule has 4 heteroatoms. The molecule has 0 fully saturated rings. The van der Waals surface area contributed by atoms with E-state index in [0.717, 1.165) is 0 Å². The lowest BCUT2D eigenvalue weighted by Gasteiger charge is -2.32. The van der Waals surface area contributed by atoms with Gasteiger partial charge in [0.25, 0.3) is 0 Å². The third kappa shape index (κ3) is 3.33. The van der Waals surface area contributed by atoms with E-state index in [1.807, 2.05) is 34.7 Å². The second-order valence-electron chi connectivity index (χ2n) is 5.92. The molecule has 0 saturated carbocycles. The Morgan fingerprint density at radius 2 is 1.94 bits per heavy atom. The van der Waals surface area contributed by atoms with Gasteiger partial charge < -0.3 is 10.6 Å². The smallest absolute Gasteiger partial charge is 0.240 e. The van der Waals surface area contributed by atoms with Crippen LogP contribution < -0.4 is 5.73 Å². The van der Waals surface area contributed by atoms with Gasteiger partial charge in [-0.05, 0) is 31.4 Å². The van der Waals surface area contributed by atoms with Gasteiger partial charge in [0.2, 0.25) is 5.91 Å². The quantitative estimate of drug-likeness (QED) is 0.916. The topological polar surface area (TPSA) is 46.3 Å². The van der Waals surface area contributed by atoms with Crippen LogP contribution in [-0.2, 0) is 4.79 Å². The number of nitrogens with two attached hydrogens (primary N) is 1. The van der Waals surface area contributed by atoms with Gasteiger partial charge in [-0.25, -0.2) is 0 Å². The highest BCUT2D eigenvalue weighted by atomic mass is 32.1. The third-order valence-corrected chi connectivity index (χ3v) is 4.47. The van der Waals surface area contributed by atoms with Crippen LogP contribution in [0, 0.1) is 12.3 Å². The molecule has 0 aliphatic carbocycles. The molecular formula is C14H24N2OS. The molecule has 18 heavy (non-hydrogen) atoms. The Morgan fingerprint density at radius 3 is 2.33 bits per heavy atom. The molecule has 0 aromatic carbocycles. The predicted molar refractivity (Wildman–Crippen MR) is 77.7 cm³/mol. The van der Waals surface area contributed by atoms with E-state index in [2.05, 4.69) is 19.1 Å². The SMILES string of the molecule is Cc1ccc(C(C)N(C)C(=O)[C@@H](N)C(C)(C)C)s1. The van der Waals surface area contributed by atoms with E-state index in [1.54, 1.807) is 16.2 Å². The van der Waals surface area contributed by atoms with E-state index in [0.29, 0.717) is 0 Å². The number of amides is 1. The van der Waals surface area contributed by atoms with E-state index in [9.17, 15) is 4.79 Å². The highest BCUT2D eigenvalue weighted by Crippen LogP contribution is 2.28. The van der Waals surface area contributed by atoms with Gasteiger partial charge in [-0.1, -0.05) is 20.8 Å². The Hall–Kier alpha value is -0.870. The Bertz CT molecular complexity index is 420. The van der Waals surface area contributed by atoms with Crippen LogP contribution in [0.3, 0.4) is 0 Å². The van der Waals surface area contributed by atoms with Crippen molar-refractivity contribution in [1.82, 2.24) is 4.90 Å². The van der Waals surface area contributed by atoms with Crippen molar-refractivity contribution in [3.63, 3.8) is 0 Å². The molecule has 2 atom stereocenters. The minimum Gasteiger partial charge on any atom is -0.337 e. The van der Waals surface area contributed by atoms with E-state index in [-0.39, 0.29) is 17.4 Å². The Morgan fingerprint density at radius 1 is 1.39 bits per heavy atom. The second-order valence-corrected chi connectivity index (χ2v) is 7.24. The molecule has 1 unspecified atom stereocenters. The van der Waals surface area contributed by atoms with Crippen LogP contribution in [0.15, 0.2) is 12.1 Å². The average molecular weight is 268 g/mol. The molecule has 102 valence electrons. The number of thiophene rings is 1. The number of aryl methyl sites for hydroxylation is 1. The van der Waals surface area contributed by atoms with Crippen LogP contribution in [0.2, 0.25) is 0 Å². The molecule has 0 saturated heterocycles. The van der Waals surface area contributed by atoms with Crippen molar-refractivity contribution < 1.29 is 4.79 Å². The number of nitrogens with zero attached hydrogens (tertiary/aromatic N) is 1. The van der Waals surface area contributed by atoms with Gasteiger partial charge in [0, 0.05) is 16.8 Å². The Balaban J connectivity index is 2.81. The zero-order chi connectivity index (χ0) is 14.1. The van der Waals surface area contributed by atoms with Gasteiger partial charge in [0.05, 0.1) is 12.1 Å². The van der Waals surface area contributed by atoms with Crippen LogP contribution in [0.4, 0.5) is 0 Å². The number of carbonyl (C=O) groups excluding carboxylic acids is 1. The molecule has 1 aromatic rings. The molecule has 0 aliphatic heterocycles. The maximum Gasteiger partial charge on any atom is 0.240 e. The summed E-state index contributed by atoms with van der Waals surface area (Å²) >= 11 is 1.73. The van der Waals surface area contributed by atoms with Crippen LogP contribution in [0.1, 0.15) is 43.5 Å². The molecule has 3 nitrogen and oxygen atoms in total. The second kappa shape index (κ2) is 5.41. The highest BCUT2D eigenvalue weighted by molar-refractivity contribution is 7.12. The first-order chi connectivity index (χ1) is 8.14. The molecule has 0 aliphatic rings. The van der Waals surface area contributed by atoms with Crippen molar-refractivity contribution in [2.45, 2.75) is 46.7 Å². The fourth-order valence-electron chi connectivity index (χ4n) is 1.65. The monoisotopic (exact) mass is 268 g/mol. The molecule has 1 rings (SSSR count). The molecule has 2 N–H and O–H groups in total. The molecular weight excluding hydrogens is 244 g/mol. The van der Waals surface area contributed by atoms with E-state index >= 15 is 0 Å². The van der Waals surface area contributed by atoms with E-state index < -0.39 is 6.04 Å². The number of carbonyl (C=O) groups is 1. The summed E-state index contributed by atoms with van der Waals surface area (Å²) in [6, 6.07) is 3.77. The largest absolute Gasteiger partial charge is 0.337 e. The minimum absolute atomic E-state index is 0.000975. The molecule has 1 heterocycles. The molecule has 1 aromatic heterocycles. The molecule has 0 spiro atoms. The lowest BCUT2D eigenvalue weighted by atomic mass is 9.86. The maximum absolute atomic E-state index is 12.3. The maximum atomic E-state index is 12.3. The summed E-state index contributed by atoms with van der Waals surface area (Å²) in [5.74, 6) is 0.000975. The fourth-order valence-corrected chi connectivity index (χ4v) is 2.62. The first-order valence-electron chi connectivity index (χ1n) is 6.23. The summed E-state index contributed by atoms with van der Waals surface area (Å²) in [5, 5.41) is 0. The summed E-state index contributed by atoms with van der Waals surface area (Å²) in [6.45, 7) is 10.1. The van der Waals surface area contributed by atoms with Gasteiger partial charge in [0.15, 0.2) is 0 Å². The van der Waals surface area contributed by atoms with E-state index in [4.69, 9.17) is 5.73 Å². The van der Waals surface area contributed by atoms with Crippen LogP contribution >= 0.6 is 11.3 Å². The molecule has 1 amide bonds. The van der Waals surface area contributed by atoms with Crippen LogP contribution in [0.25, 0.3) is 0 Å². The van der Waals surface area contributed by atoms with Crippen molar-refractivity contribution in [2.24, 2.45) is 11.1 Å². The summed E-state index contributed by atoms with van der Waals surface area (Å²) in [6.07, 6.45) is 0. The molecule has 0 radical (unpaired) electrons. The first kappa shape index (κ1) is 15.2. The standard InChI is InChI=1S/C14H24N2OS/c1-9-7-8-11(18-9)10(2)16(6)13(17)12(15)14(3,4)5/h7-8,10,12H,15H2,1-6H3/t10?,12-/m1/s1. The van der Waals surface area contributed by atoms with Crippen molar-refractivity contribution in [3.8, 4) is 0 Å². The number of hydrogen-bond acceptors (Lipinski definition) is 3. The van der Waals surface area contributed by atoms with Gasteiger partial charge in [0.1, 0.15) is 0 Å². The van der Waals surface area contributed by atoms with Gasteiger partial charge in [-0.3, -0.25) is 4.79 Å². The fraction of sp³-hybridized carbons (Fsp3) is 0.643. The van der Waals surface area contributed by atoms with Gasteiger partial charge in [-0.15, -0.1) is 11.3 Å². The predicted octanol–water partition coefficient (Wildman–Crippen LogP) is 2.95. The van der Waals surface area contributed by atoms with Gasteiger partial charge in [-0.2, -0.15) is 0 Å². The number of hydrogen-bond donors (Lipinski definition) is 1. The van der Waals surface area contributed by atoms with Crippen molar-refractivity contribution in [2.75, 3.05) is 7.05 Å². The zero-order valence-electron chi connectivity index (χ0n) is 12.2. The lowest BCUT2D eigenvalue weighted by Crippen LogP contribution is -2.49. The number of rotatable bonds is 3. The lowest BCUT2D eigenvalue weighted by molar-refractivity contribution is -0.135. The Labute approximate surface area is 114 Å². The van der Waals surface area contributed by atoms with Gasteiger partial charge >= 0.3 is 0 Å². The first-order valence-corrected chi connectivity index (χ1v) is 7.05. The normalized spacial score (nSPS) is 15.3. The van der Waals surface area contributed by atoms with E-state index in [1.165, 1.54) is 9.75 Å². The summed E-state index contributed by atoms with van der Waals surface area (Å²) in [7, 11) is 1.83. The van der Waals surface area contributed by atoms with Crippen LogP contribution in [-0.4, -0.2) is 23.9 Å². The zero-order valence-corrected chi connectivity index (χ0v) is 13.0. The summed E-state index contributed by atoms with van der Waals surface area (Å²) < 4.78 is 0. The third-order valence-electron chi connectivity index (χ3n) is 3.30. The minimum atomic E-state index is -0.467. The number of likely N-dealkylation sites (N-methyl/N-ethyl adjacent to an activating group) is 1. The van der Waals surface area contributed by atoms with Crippen LogP contribution in [0.5, 0.6) is 0 Å². The van der Waals surface area contributed by atoms with Crippen molar-refractivity contribution in [3.05, 3.63) is 21.9 Å². The van der Waals surface area contributed by atoms with Crippen molar-refractivity contribution >= 4 is 17.2 Å². The summed E-state index contributed by atoms with van der Waals surface area (Å²) in [5.41, 5.74) is 5.82. The highest BCUT2D eigenvalue weighted by Gasteiger charge is 2.31. The van der Waals surface area contributed by atoms with Crippen molar-refractivity contribution in [1.29, 1.82) is 0 Å². The summed E-state index contributed by atoms with van der Waals surface area (Å²) in [4.78, 5) is 16.5. The average Bonchev–Trinajstić information content (AvgIpc) is 2.70. The Kier molecular flexibility index (Phi) is 4.56.